The predicted molar refractivity (Wildman–Crippen MR) is 102 cm³/mol. The summed E-state index contributed by atoms with van der Waals surface area (Å²) in [6.07, 6.45) is 6.00. The highest BCUT2D eigenvalue weighted by molar-refractivity contribution is 5.82. The van der Waals surface area contributed by atoms with E-state index >= 15 is 0 Å². The van der Waals surface area contributed by atoms with Gasteiger partial charge in [0.1, 0.15) is 5.75 Å². The number of aromatic hydroxyl groups is 1. The molecule has 142 valence electrons. The van der Waals surface area contributed by atoms with E-state index in [1.807, 2.05) is 6.07 Å². The Kier molecular flexibility index (Phi) is 4.93. The number of hydrogen-bond donors (Lipinski definition) is 3. The highest BCUT2D eigenvalue weighted by atomic mass is 16.3. The van der Waals surface area contributed by atoms with Crippen LogP contribution in [0.5, 0.6) is 5.75 Å². The lowest BCUT2D eigenvalue weighted by Crippen LogP contribution is -2.54. The van der Waals surface area contributed by atoms with Crippen molar-refractivity contribution >= 4 is 5.91 Å². The molecule has 2 fully saturated rings. The number of rotatable bonds is 5. The van der Waals surface area contributed by atoms with Crippen molar-refractivity contribution in [1.82, 2.24) is 15.5 Å². The van der Waals surface area contributed by atoms with Crippen LogP contribution in [-0.4, -0.2) is 46.6 Å². The molecule has 1 unspecified atom stereocenters. The molecule has 3 heterocycles. The van der Waals surface area contributed by atoms with Gasteiger partial charge in [0.15, 0.2) is 0 Å². The van der Waals surface area contributed by atoms with Crippen molar-refractivity contribution < 1.29 is 9.90 Å². The monoisotopic (exact) mass is 357 g/mol. The second-order valence-electron chi connectivity index (χ2n) is 8.61. The summed E-state index contributed by atoms with van der Waals surface area (Å²) in [7, 11) is 0. The number of amides is 1. The molecule has 2 atom stereocenters. The van der Waals surface area contributed by atoms with Crippen molar-refractivity contribution in [2.75, 3.05) is 6.54 Å². The molecule has 3 aliphatic heterocycles. The standard InChI is InChI=1S/C21H31N3O2/c1-13(2)20(12-24-16-4-5-17(24)7-6-16)23-21(26)19-10-14-3-8-18(25)9-15(14)11-22-19/h3,8-9,13,16-17,19-20,22,25H,4-7,10-12H2,1-2H3,(H,23,26)/t16?,17?,19?,20-/m1/s1. The zero-order valence-corrected chi connectivity index (χ0v) is 15.9. The van der Waals surface area contributed by atoms with Gasteiger partial charge in [0.2, 0.25) is 5.91 Å². The molecule has 2 bridgehead atoms. The van der Waals surface area contributed by atoms with Crippen molar-refractivity contribution in [3.05, 3.63) is 29.3 Å². The van der Waals surface area contributed by atoms with Gasteiger partial charge in [0, 0.05) is 31.2 Å². The number of benzene rings is 1. The summed E-state index contributed by atoms with van der Waals surface area (Å²) in [5.74, 6) is 0.814. The van der Waals surface area contributed by atoms with E-state index in [2.05, 4.69) is 29.4 Å². The molecule has 0 spiro atoms. The number of phenols is 1. The molecule has 1 aromatic carbocycles. The zero-order chi connectivity index (χ0) is 18.3. The minimum absolute atomic E-state index is 0.106. The number of nitrogens with zero attached hydrogens (tertiary/aromatic N) is 1. The van der Waals surface area contributed by atoms with Crippen LogP contribution in [0.1, 0.15) is 50.7 Å². The normalized spacial score (nSPS) is 29.0. The number of carbonyl (C=O) groups is 1. The second kappa shape index (κ2) is 7.20. The number of fused-ring (bicyclic) bond motifs is 3. The summed E-state index contributed by atoms with van der Waals surface area (Å²) < 4.78 is 0. The SMILES string of the molecule is CC(C)[C@@H](CN1C2CCC1CC2)NC(=O)C1Cc2ccc(O)cc2CN1. The Morgan fingerprint density at radius 1 is 1.23 bits per heavy atom. The smallest absolute Gasteiger partial charge is 0.237 e. The Labute approximate surface area is 156 Å². The third-order valence-corrected chi connectivity index (χ3v) is 6.61. The van der Waals surface area contributed by atoms with Crippen molar-refractivity contribution in [2.45, 2.75) is 76.7 Å². The van der Waals surface area contributed by atoms with Crippen molar-refractivity contribution in [2.24, 2.45) is 5.92 Å². The topological polar surface area (TPSA) is 64.6 Å². The van der Waals surface area contributed by atoms with E-state index in [9.17, 15) is 9.90 Å². The van der Waals surface area contributed by atoms with Gasteiger partial charge >= 0.3 is 0 Å². The number of carbonyl (C=O) groups excluding carboxylic acids is 1. The third-order valence-electron chi connectivity index (χ3n) is 6.61. The third kappa shape index (κ3) is 3.47. The van der Waals surface area contributed by atoms with E-state index in [1.165, 1.54) is 25.7 Å². The van der Waals surface area contributed by atoms with Gasteiger partial charge in [-0.05, 0) is 61.3 Å². The number of nitrogens with one attached hydrogen (secondary N) is 2. The van der Waals surface area contributed by atoms with Crippen LogP contribution in [0.15, 0.2) is 18.2 Å². The maximum atomic E-state index is 12.9. The van der Waals surface area contributed by atoms with E-state index in [1.54, 1.807) is 12.1 Å². The van der Waals surface area contributed by atoms with Gasteiger partial charge in [0.25, 0.3) is 0 Å². The fourth-order valence-electron chi connectivity index (χ4n) is 4.94. The van der Waals surface area contributed by atoms with E-state index in [0.29, 0.717) is 18.9 Å². The quantitative estimate of drug-likeness (QED) is 0.756. The van der Waals surface area contributed by atoms with Gasteiger partial charge in [-0.15, -0.1) is 0 Å². The fourth-order valence-corrected chi connectivity index (χ4v) is 4.94. The highest BCUT2D eigenvalue weighted by Crippen LogP contribution is 2.37. The van der Waals surface area contributed by atoms with Gasteiger partial charge in [-0.3, -0.25) is 9.69 Å². The van der Waals surface area contributed by atoms with E-state index < -0.39 is 0 Å². The van der Waals surface area contributed by atoms with Crippen LogP contribution in [0.2, 0.25) is 0 Å². The average molecular weight is 357 g/mol. The number of phenolic OH excluding ortho intramolecular Hbond substituents is 1. The first-order valence-corrected chi connectivity index (χ1v) is 10.1. The lowest BCUT2D eigenvalue weighted by Gasteiger charge is -2.33. The summed E-state index contributed by atoms with van der Waals surface area (Å²) in [6.45, 7) is 6.02. The summed E-state index contributed by atoms with van der Waals surface area (Å²) in [4.78, 5) is 15.6. The Balaban J connectivity index is 1.38. The van der Waals surface area contributed by atoms with E-state index in [-0.39, 0.29) is 23.7 Å². The minimum Gasteiger partial charge on any atom is -0.508 e. The maximum absolute atomic E-state index is 12.9. The highest BCUT2D eigenvalue weighted by Gasteiger charge is 2.40. The van der Waals surface area contributed by atoms with Gasteiger partial charge in [-0.2, -0.15) is 0 Å². The second-order valence-corrected chi connectivity index (χ2v) is 8.61. The first-order valence-electron chi connectivity index (χ1n) is 10.1. The van der Waals surface area contributed by atoms with Gasteiger partial charge < -0.3 is 15.7 Å². The molecular formula is C21H31N3O2. The Morgan fingerprint density at radius 3 is 2.58 bits per heavy atom. The summed E-state index contributed by atoms with van der Waals surface area (Å²) >= 11 is 0. The van der Waals surface area contributed by atoms with E-state index in [0.717, 1.165) is 29.8 Å². The minimum atomic E-state index is -0.191. The Bertz CT molecular complexity index is 655. The molecule has 0 aliphatic carbocycles. The molecule has 0 aromatic heterocycles. The summed E-state index contributed by atoms with van der Waals surface area (Å²) in [5.41, 5.74) is 2.24. The van der Waals surface area contributed by atoms with Crippen LogP contribution >= 0.6 is 0 Å². The Hall–Kier alpha value is -1.59. The molecule has 0 saturated carbocycles. The van der Waals surface area contributed by atoms with Gasteiger partial charge in [-0.25, -0.2) is 0 Å². The van der Waals surface area contributed by atoms with Gasteiger partial charge in [-0.1, -0.05) is 19.9 Å². The molecule has 1 amide bonds. The molecule has 3 N–H and O–H groups in total. The largest absolute Gasteiger partial charge is 0.508 e. The zero-order valence-electron chi connectivity index (χ0n) is 15.9. The van der Waals surface area contributed by atoms with Crippen LogP contribution in [0, 0.1) is 5.92 Å². The lowest BCUT2D eigenvalue weighted by molar-refractivity contribution is -0.124. The lowest BCUT2D eigenvalue weighted by atomic mass is 9.94. The molecular weight excluding hydrogens is 326 g/mol. The summed E-state index contributed by atoms with van der Waals surface area (Å²) in [5, 5.41) is 16.3. The van der Waals surface area contributed by atoms with Gasteiger partial charge in [0.05, 0.1) is 6.04 Å². The van der Waals surface area contributed by atoms with Crippen LogP contribution in [0.3, 0.4) is 0 Å². The average Bonchev–Trinajstić information content (AvgIpc) is 3.19. The maximum Gasteiger partial charge on any atom is 0.237 e. The molecule has 0 radical (unpaired) electrons. The first-order chi connectivity index (χ1) is 12.5. The molecule has 3 aliphatic rings. The molecule has 2 saturated heterocycles. The van der Waals surface area contributed by atoms with Crippen LogP contribution < -0.4 is 10.6 Å². The molecule has 26 heavy (non-hydrogen) atoms. The van der Waals surface area contributed by atoms with Crippen molar-refractivity contribution in [3.8, 4) is 5.75 Å². The fraction of sp³-hybridized carbons (Fsp3) is 0.667. The molecule has 5 nitrogen and oxygen atoms in total. The first kappa shape index (κ1) is 17.8. The summed E-state index contributed by atoms with van der Waals surface area (Å²) in [6, 6.07) is 6.93. The van der Waals surface area contributed by atoms with E-state index in [4.69, 9.17) is 0 Å². The van der Waals surface area contributed by atoms with Crippen molar-refractivity contribution in [1.29, 1.82) is 0 Å². The van der Waals surface area contributed by atoms with Crippen molar-refractivity contribution in [3.63, 3.8) is 0 Å². The van der Waals surface area contributed by atoms with Crippen LogP contribution in [0.25, 0.3) is 0 Å². The molecule has 5 heteroatoms. The van der Waals surface area contributed by atoms with Crippen LogP contribution in [-0.2, 0) is 17.8 Å². The number of hydrogen-bond acceptors (Lipinski definition) is 4. The molecule has 4 rings (SSSR count). The molecule has 1 aromatic rings. The van der Waals surface area contributed by atoms with Crippen LogP contribution in [0.4, 0.5) is 0 Å². The Morgan fingerprint density at radius 2 is 1.92 bits per heavy atom. The predicted octanol–water partition coefficient (Wildman–Crippen LogP) is 2.17.